The van der Waals surface area contributed by atoms with Crippen molar-refractivity contribution in [2.75, 3.05) is 0 Å². The number of unbranched alkanes of at least 4 members (excludes halogenated alkanes) is 1. The fourth-order valence-electron chi connectivity index (χ4n) is 1.29. The summed E-state index contributed by atoms with van der Waals surface area (Å²) in [5.74, 6) is -1.25. The minimum Gasteiger partial charge on any atom is -0.507 e. The molecule has 0 aliphatic heterocycles. The van der Waals surface area contributed by atoms with Crippen molar-refractivity contribution < 1.29 is 15.0 Å². The summed E-state index contributed by atoms with van der Waals surface area (Å²) in [7, 11) is 0. The van der Waals surface area contributed by atoms with E-state index in [0.29, 0.717) is 0 Å². The first-order chi connectivity index (χ1) is 6.65. The number of carbonyl (C=O) groups is 1. The molecule has 0 aliphatic carbocycles. The van der Waals surface area contributed by atoms with E-state index in [-0.39, 0.29) is 11.3 Å². The summed E-state index contributed by atoms with van der Waals surface area (Å²) in [5, 5.41) is 18.0. The predicted octanol–water partition coefficient (Wildman–Crippen LogP) is 2.43. The number of aromatic carboxylic acids is 1. The van der Waals surface area contributed by atoms with Gasteiger partial charge in [-0.2, -0.15) is 0 Å². The molecule has 2 N–H and O–H groups in total. The number of carboxylic acids is 1. The third-order valence-electron chi connectivity index (χ3n) is 2.11. The van der Waals surface area contributed by atoms with Crippen LogP contribution in [0.25, 0.3) is 0 Å². The average molecular weight is 194 g/mol. The molecule has 0 unspecified atom stereocenters. The SMILES string of the molecule is CCCCc1ccc(O)c(C(=O)O)c1. The zero-order valence-corrected chi connectivity index (χ0v) is 8.16. The van der Waals surface area contributed by atoms with E-state index in [1.807, 2.05) is 0 Å². The van der Waals surface area contributed by atoms with Gasteiger partial charge in [-0.15, -0.1) is 0 Å². The average Bonchev–Trinajstić information content (AvgIpc) is 2.16. The van der Waals surface area contributed by atoms with Crippen molar-refractivity contribution in [3.63, 3.8) is 0 Å². The number of benzene rings is 1. The maximum Gasteiger partial charge on any atom is 0.339 e. The summed E-state index contributed by atoms with van der Waals surface area (Å²) in [5.41, 5.74) is 0.945. The Balaban J connectivity index is 2.89. The van der Waals surface area contributed by atoms with Gasteiger partial charge in [0.25, 0.3) is 0 Å². The first-order valence-electron chi connectivity index (χ1n) is 4.70. The quantitative estimate of drug-likeness (QED) is 0.773. The van der Waals surface area contributed by atoms with Gasteiger partial charge >= 0.3 is 5.97 Å². The first kappa shape index (κ1) is 10.6. The Labute approximate surface area is 83.0 Å². The third kappa shape index (κ3) is 2.49. The number of hydrogen-bond donors (Lipinski definition) is 2. The van der Waals surface area contributed by atoms with Crippen LogP contribution in [0.5, 0.6) is 5.75 Å². The number of aryl methyl sites for hydroxylation is 1. The van der Waals surface area contributed by atoms with Gasteiger partial charge < -0.3 is 10.2 Å². The van der Waals surface area contributed by atoms with Gasteiger partial charge in [0, 0.05) is 0 Å². The van der Waals surface area contributed by atoms with Crippen molar-refractivity contribution >= 4 is 5.97 Å². The molecule has 0 saturated heterocycles. The fourth-order valence-corrected chi connectivity index (χ4v) is 1.29. The molecular formula is C11H14O3. The van der Waals surface area contributed by atoms with Crippen LogP contribution in [-0.2, 0) is 6.42 Å². The van der Waals surface area contributed by atoms with Crippen LogP contribution in [0, 0.1) is 0 Å². The van der Waals surface area contributed by atoms with Gasteiger partial charge in [0.2, 0.25) is 0 Å². The van der Waals surface area contributed by atoms with E-state index in [4.69, 9.17) is 5.11 Å². The van der Waals surface area contributed by atoms with Gasteiger partial charge in [0.15, 0.2) is 0 Å². The minimum absolute atomic E-state index is 0.0152. The molecule has 76 valence electrons. The predicted molar refractivity (Wildman–Crippen MR) is 53.7 cm³/mol. The van der Waals surface area contributed by atoms with E-state index in [1.165, 1.54) is 12.1 Å². The Bertz CT molecular complexity index is 331. The maximum atomic E-state index is 10.7. The Morgan fingerprint density at radius 2 is 2.14 bits per heavy atom. The normalized spacial score (nSPS) is 10.1. The molecule has 1 aromatic carbocycles. The molecule has 0 aromatic heterocycles. The third-order valence-corrected chi connectivity index (χ3v) is 2.11. The molecule has 0 bridgehead atoms. The molecule has 14 heavy (non-hydrogen) atoms. The van der Waals surface area contributed by atoms with Crippen LogP contribution < -0.4 is 0 Å². The van der Waals surface area contributed by atoms with Crippen LogP contribution in [0.1, 0.15) is 35.7 Å². The Kier molecular flexibility index (Phi) is 3.51. The smallest absolute Gasteiger partial charge is 0.339 e. The number of aromatic hydroxyl groups is 1. The highest BCUT2D eigenvalue weighted by Crippen LogP contribution is 2.19. The largest absolute Gasteiger partial charge is 0.507 e. The zero-order valence-electron chi connectivity index (χ0n) is 8.16. The lowest BCUT2D eigenvalue weighted by atomic mass is 10.0. The molecule has 3 nitrogen and oxygen atoms in total. The summed E-state index contributed by atoms with van der Waals surface area (Å²) < 4.78 is 0. The standard InChI is InChI=1S/C11H14O3/c1-2-3-4-8-5-6-10(12)9(7-8)11(13)14/h5-7,12H,2-4H2,1H3,(H,13,14). The lowest BCUT2D eigenvalue weighted by Crippen LogP contribution is -1.98. The second kappa shape index (κ2) is 4.65. The summed E-state index contributed by atoms with van der Waals surface area (Å²) in [6.07, 6.45) is 2.96. The molecule has 0 fully saturated rings. The van der Waals surface area contributed by atoms with Crippen molar-refractivity contribution in [3.05, 3.63) is 29.3 Å². The monoisotopic (exact) mass is 194 g/mol. The van der Waals surface area contributed by atoms with E-state index in [0.717, 1.165) is 24.8 Å². The van der Waals surface area contributed by atoms with Gasteiger partial charge in [-0.05, 0) is 30.5 Å². The van der Waals surface area contributed by atoms with Crippen LogP contribution in [0.3, 0.4) is 0 Å². The van der Waals surface area contributed by atoms with Crippen molar-refractivity contribution in [2.24, 2.45) is 0 Å². The van der Waals surface area contributed by atoms with Crippen LogP contribution in [0.15, 0.2) is 18.2 Å². The fraction of sp³-hybridized carbons (Fsp3) is 0.364. The van der Waals surface area contributed by atoms with Crippen LogP contribution in [0.2, 0.25) is 0 Å². The van der Waals surface area contributed by atoms with Crippen LogP contribution >= 0.6 is 0 Å². The first-order valence-corrected chi connectivity index (χ1v) is 4.70. The van der Waals surface area contributed by atoms with Crippen LogP contribution in [0.4, 0.5) is 0 Å². The van der Waals surface area contributed by atoms with Gasteiger partial charge in [-0.1, -0.05) is 19.4 Å². The zero-order chi connectivity index (χ0) is 10.6. The molecule has 0 aliphatic rings. The number of phenols is 1. The van der Waals surface area contributed by atoms with Gasteiger partial charge in [-0.25, -0.2) is 4.79 Å². The molecule has 0 atom stereocenters. The highest BCUT2D eigenvalue weighted by Gasteiger charge is 2.09. The minimum atomic E-state index is -1.08. The lowest BCUT2D eigenvalue weighted by Gasteiger charge is -2.03. The van der Waals surface area contributed by atoms with E-state index in [1.54, 1.807) is 6.07 Å². The summed E-state index contributed by atoms with van der Waals surface area (Å²) >= 11 is 0. The molecule has 0 radical (unpaired) electrons. The Morgan fingerprint density at radius 1 is 1.43 bits per heavy atom. The Hall–Kier alpha value is -1.51. The molecule has 0 amide bonds. The molecular weight excluding hydrogens is 180 g/mol. The molecule has 3 heteroatoms. The van der Waals surface area contributed by atoms with Gasteiger partial charge in [0.05, 0.1) is 0 Å². The van der Waals surface area contributed by atoms with Gasteiger partial charge in [-0.3, -0.25) is 0 Å². The lowest BCUT2D eigenvalue weighted by molar-refractivity contribution is 0.0693. The second-order valence-corrected chi connectivity index (χ2v) is 3.26. The van der Waals surface area contributed by atoms with Crippen molar-refractivity contribution in [3.8, 4) is 5.75 Å². The van der Waals surface area contributed by atoms with E-state index in [9.17, 15) is 9.90 Å². The van der Waals surface area contributed by atoms with E-state index in [2.05, 4.69) is 6.92 Å². The molecule has 0 heterocycles. The van der Waals surface area contributed by atoms with Gasteiger partial charge in [0.1, 0.15) is 11.3 Å². The summed E-state index contributed by atoms with van der Waals surface area (Å²) in [6, 6.07) is 4.74. The second-order valence-electron chi connectivity index (χ2n) is 3.26. The summed E-state index contributed by atoms with van der Waals surface area (Å²) in [6.45, 7) is 2.08. The number of carboxylic acid groups (broad SMARTS) is 1. The van der Waals surface area contributed by atoms with E-state index < -0.39 is 5.97 Å². The molecule has 0 saturated carbocycles. The van der Waals surface area contributed by atoms with Crippen molar-refractivity contribution in [2.45, 2.75) is 26.2 Å². The number of rotatable bonds is 4. The highest BCUT2D eigenvalue weighted by molar-refractivity contribution is 5.90. The molecule has 1 aromatic rings. The van der Waals surface area contributed by atoms with Crippen molar-refractivity contribution in [1.29, 1.82) is 0 Å². The Morgan fingerprint density at radius 3 is 2.71 bits per heavy atom. The van der Waals surface area contributed by atoms with Crippen molar-refractivity contribution in [1.82, 2.24) is 0 Å². The maximum absolute atomic E-state index is 10.7. The van der Waals surface area contributed by atoms with E-state index >= 15 is 0 Å². The molecule has 1 rings (SSSR count). The topological polar surface area (TPSA) is 57.5 Å². The van der Waals surface area contributed by atoms with Crippen LogP contribution in [-0.4, -0.2) is 16.2 Å². The number of hydrogen-bond acceptors (Lipinski definition) is 2. The highest BCUT2D eigenvalue weighted by atomic mass is 16.4. The summed E-state index contributed by atoms with van der Waals surface area (Å²) in [4.78, 5) is 10.7. The molecule has 0 spiro atoms.